The number of benzene rings is 1. The maximum atomic E-state index is 13.7. The first-order valence-electron chi connectivity index (χ1n) is 4.47. The van der Waals surface area contributed by atoms with E-state index in [4.69, 9.17) is 16.1 Å². The smallest absolute Gasteiger partial charge is 0.263 e. The molecule has 0 N–H and O–H groups in total. The molecule has 1 aromatic carbocycles. The molecule has 0 saturated heterocycles. The molecule has 0 aliphatic heterocycles. The zero-order valence-corrected chi connectivity index (χ0v) is 9.05. The molecule has 0 bridgehead atoms. The van der Waals surface area contributed by atoms with Crippen molar-refractivity contribution in [2.45, 2.75) is 12.8 Å². The molecule has 16 heavy (non-hydrogen) atoms. The molecule has 0 radical (unpaired) electrons. The fourth-order valence-corrected chi connectivity index (χ4v) is 1.37. The lowest BCUT2D eigenvalue weighted by molar-refractivity contribution is 0.419. The zero-order chi connectivity index (χ0) is 11.7. The first kappa shape index (κ1) is 11.0. The molecule has 0 aliphatic carbocycles. The maximum absolute atomic E-state index is 13.7. The number of nitrogens with zero attached hydrogens (tertiary/aromatic N) is 2. The Morgan fingerprint density at radius 3 is 2.75 bits per heavy atom. The van der Waals surface area contributed by atoms with Crippen molar-refractivity contribution in [2.75, 3.05) is 0 Å². The SMILES string of the molecule is Cc1ccc(F)c(-c2nc(CCl)no2)c1F. The standard InChI is InChI=1S/C10H7ClF2N2O/c1-5-2-3-6(12)8(9(5)13)10-14-7(4-11)15-16-10/h2-3H,4H2,1H3. The van der Waals surface area contributed by atoms with Gasteiger partial charge in [-0.2, -0.15) is 4.98 Å². The number of aromatic nitrogens is 2. The van der Waals surface area contributed by atoms with Crippen LogP contribution in [0.25, 0.3) is 11.5 Å². The molecule has 0 spiro atoms. The fourth-order valence-electron chi connectivity index (χ4n) is 1.26. The summed E-state index contributed by atoms with van der Waals surface area (Å²) in [5.74, 6) is -1.43. The van der Waals surface area contributed by atoms with Crippen molar-refractivity contribution in [3.63, 3.8) is 0 Å². The van der Waals surface area contributed by atoms with Crippen molar-refractivity contribution in [2.24, 2.45) is 0 Å². The van der Waals surface area contributed by atoms with Gasteiger partial charge in [0.25, 0.3) is 5.89 Å². The second-order valence-corrected chi connectivity index (χ2v) is 3.47. The summed E-state index contributed by atoms with van der Waals surface area (Å²) >= 11 is 5.47. The Morgan fingerprint density at radius 1 is 1.38 bits per heavy atom. The third-order valence-corrected chi connectivity index (χ3v) is 2.32. The molecule has 1 aromatic heterocycles. The predicted octanol–water partition coefficient (Wildman–Crippen LogP) is 3.06. The summed E-state index contributed by atoms with van der Waals surface area (Å²) in [4.78, 5) is 3.77. The Morgan fingerprint density at radius 2 is 2.12 bits per heavy atom. The van der Waals surface area contributed by atoms with Gasteiger partial charge in [-0.05, 0) is 18.6 Å². The second kappa shape index (κ2) is 4.17. The minimum absolute atomic E-state index is 0.0263. The molecule has 0 fully saturated rings. The highest BCUT2D eigenvalue weighted by Crippen LogP contribution is 2.26. The lowest BCUT2D eigenvalue weighted by Crippen LogP contribution is -1.93. The van der Waals surface area contributed by atoms with Gasteiger partial charge in [-0.1, -0.05) is 11.2 Å². The predicted molar refractivity (Wildman–Crippen MR) is 53.9 cm³/mol. The summed E-state index contributed by atoms with van der Waals surface area (Å²) in [6, 6.07) is 2.49. The van der Waals surface area contributed by atoms with Gasteiger partial charge in [0.1, 0.15) is 17.2 Å². The molecule has 0 aliphatic rings. The van der Waals surface area contributed by atoms with E-state index in [-0.39, 0.29) is 23.2 Å². The van der Waals surface area contributed by atoms with E-state index in [2.05, 4.69) is 10.1 Å². The van der Waals surface area contributed by atoms with E-state index in [1.165, 1.54) is 13.0 Å². The molecule has 0 atom stereocenters. The first-order chi connectivity index (χ1) is 7.63. The molecule has 0 saturated carbocycles. The quantitative estimate of drug-likeness (QED) is 0.762. The molecule has 0 amide bonds. The van der Waals surface area contributed by atoms with Gasteiger partial charge in [-0.25, -0.2) is 8.78 Å². The van der Waals surface area contributed by atoms with Gasteiger partial charge < -0.3 is 4.52 Å². The van der Waals surface area contributed by atoms with Crippen LogP contribution in [-0.4, -0.2) is 10.1 Å². The number of aryl methyl sites for hydroxylation is 1. The summed E-state index contributed by atoms with van der Waals surface area (Å²) in [5, 5.41) is 3.47. The highest BCUT2D eigenvalue weighted by Gasteiger charge is 2.19. The zero-order valence-electron chi connectivity index (χ0n) is 8.30. The van der Waals surface area contributed by atoms with Crippen molar-refractivity contribution in [3.8, 4) is 11.5 Å². The van der Waals surface area contributed by atoms with E-state index in [9.17, 15) is 8.78 Å². The summed E-state index contributed by atoms with van der Waals surface area (Å²) < 4.78 is 31.8. The number of halogens is 3. The normalized spacial score (nSPS) is 10.8. The topological polar surface area (TPSA) is 38.9 Å². The highest BCUT2D eigenvalue weighted by atomic mass is 35.5. The fraction of sp³-hybridized carbons (Fsp3) is 0.200. The van der Waals surface area contributed by atoms with Crippen LogP contribution in [0.3, 0.4) is 0 Å². The average molecular weight is 245 g/mol. The van der Waals surface area contributed by atoms with Crippen LogP contribution in [0, 0.1) is 18.6 Å². The third-order valence-electron chi connectivity index (χ3n) is 2.09. The van der Waals surface area contributed by atoms with Crippen LogP contribution < -0.4 is 0 Å². The Labute approximate surface area is 95.0 Å². The van der Waals surface area contributed by atoms with Crippen LogP contribution in [0.4, 0.5) is 8.78 Å². The van der Waals surface area contributed by atoms with Crippen molar-refractivity contribution in [1.82, 2.24) is 10.1 Å². The first-order valence-corrected chi connectivity index (χ1v) is 5.00. The maximum Gasteiger partial charge on any atom is 0.263 e. The van der Waals surface area contributed by atoms with Crippen molar-refractivity contribution >= 4 is 11.6 Å². The van der Waals surface area contributed by atoms with E-state index in [1.54, 1.807) is 0 Å². The van der Waals surface area contributed by atoms with E-state index in [1.807, 2.05) is 0 Å². The van der Waals surface area contributed by atoms with Gasteiger partial charge >= 0.3 is 0 Å². The lowest BCUT2D eigenvalue weighted by atomic mass is 10.1. The Bertz CT molecular complexity index is 528. The number of hydrogen-bond donors (Lipinski definition) is 0. The summed E-state index contributed by atoms with van der Waals surface area (Å²) in [6.45, 7) is 1.52. The van der Waals surface area contributed by atoms with E-state index < -0.39 is 11.6 Å². The molecular weight excluding hydrogens is 238 g/mol. The lowest BCUT2D eigenvalue weighted by Gasteiger charge is -2.01. The molecule has 0 unspecified atom stereocenters. The highest BCUT2D eigenvalue weighted by molar-refractivity contribution is 6.16. The van der Waals surface area contributed by atoms with Gasteiger partial charge in [0, 0.05) is 0 Å². The Kier molecular flexibility index (Phi) is 2.87. The molecule has 1 heterocycles. The summed E-state index contributed by atoms with van der Waals surface area (Å²) in [5.41, 5.74) is -0.00844. The van der Waals surface area contributed by atoms with Gasteiger partial charge in [-0.15, -0.1) is 11.6 Å². The van der Waals surface area contributed by atoms with Gasteiger partial charge in [0.2, 0.25) is 0 Å². The van der Waals surface area contributed by atoms with Crippen LogP contribution in [0.5, 0.6) is 0 Å². The number of alkyl halides is 1. The molecule has 3 nitrogen and oxygen atoms in total. The van der Waals surface area contributed by atoms with E-state index in [0.717, 1.165) is 6.07 Å². The molecule has 2 rings (SSSR count). The largest absolute Gasteiger partial charge is 0.334 e. The third kappa shape index (κ3) is 1.78. The molecule has 2 aromatic rings. The van der Waals surface area contributed by atoms with Crippen molar-refractivity contribution < 1.29 is 13.3 Å². The van der Waals surface area contributed by atoms with E-state index >= 15 is 0 Å². The molecular formula is C10H7ClF2N2O. The van der Waals surface area contributed by atoms with Gasteiger partial charge in [0.15, 0.2) is 5.82 Å². The summed E-state index contributed by atoms with van der Waals surface area (Å²) in [7, 11) is 0. The van der Waals surface area contributed by atoms with Gasteiger partial charge in [-0.3, -0.25) is 0 Å². The second-order valence-electron chi connectivity index (χ2n) is 3.20. The van der Waals surface area contributed by atoms with Crippen LogP contribution >= 0.6 is 11.6 Å². The Hall–Kier alpha value is -1.49. The Balaban J connectivity index is 2.58. The van der Waals surface area contributed by atoms with Crippen LogP contribution in [0.2, 0.25) is 0 Å². The minimum Gasteiger partial charge on any atom is -0.334 e. The van der Waals surface area contributed by atoms with Gasteiger partial charge in [0.05, 0.1) is 5.88 Å². The average Bonchev–Trinajstić information content (AvgIpc) is 2.73. The van der Waals surface area contributed by atoms with Crippen LogP contribution in [-0.2, 0) is 5.88 Å². The van der Waals surface area contributed by atoms with Crippen LogP contribution in [0.15, 0.2) is 16.7 Å². The van der Waals surface area contributed by atoms with Crippen molar-refractivity contribution in [1.29, 1.82) is 0 Å². The summed E-state index contributed by atoms with van der Waals surface area (Å²) in [6.07, 6.45) is 0. The number of hydrogen-bond acceptors (Lipinski definition) is 3. The molecule has 6 heteroatoms. The van der Waals surface area contributed by atoms with Crippen LogP contribution in [0.1, 0.15) is 11.4 Å². The van der Waals surface area contributed by atoms with E-state index in [0.29, 0.717) is 5.56 Å². The molecule has 84 valence electrons. The number of rotatable bonds is 2. The monoisotopic (exact) mass is 244 g/mol. The minimum atomic E-state index is -0.743. The van der Waals surface area contributed by atoms with Crippen molar-refractivity contribution in [3.05, 3.63) is 35.2 Å².